The third-order valence-electron chi connectivity index (χ3n) is 2.75. The standard InChI is InChI=1S/C10H15N5O3/c1-5(2-6(17)3-16)15-4-12-7-8(15)13-10(11)14-9(7)18/h4-6,16-17H,2-3H2,1H3,(H3,11,13,14,18). The number of anilines is 1. The molecule has 0 aliphatic rings. The second kappa shape index (κ2) is 4.75. The number of H-pyrrole nitrogens is 1. The van der Waals surface area contributed by atoms with Crippen LogP contribution in [0, 0.1) is 0 Å². The number of imidazole rings is 1. The van der Waals surface area contributed by atoms with Gasteiger partial charge in [-0.2, -0.15) is 4.98 Å². The Labute approximate surface area is 102 Å². The molecular weight excluding hydrogens is 238 g/mol. The first-order chi connectivity index (χ1) is 8.52. The van der Waals surface area contributed by atoms with Crippen molar-refractivity contribution >= 4 is 17.1 Å². The maximum atomic E-state index is 11.6. The van der Waals surface area contributed by atoms with Gasteiger partial charge in [-0.15, -0.1) is 0 Å². The van der Waals surface area contributed by atoms with Crippen LogP contribution in [0.1, 0.15) is 19.4 Å². The summed E-state index contributed by atoms with van der Waals surface area (Å²) in [5.41, 5.74) is 5.66. The lowest BCUT2D eigenvalue weighted by atomic mass is 10.1. The number of fused-ring (bicyclic) bond motifs is 1. The lowest BCUT2D eigenvalue weighted by Gasteiger charge is -2.16. The van der Waals surface area contributed by atoms with E-state index in [2.05, 4.69) is 15.0 Å². The van der Waals surface area contributed by atoms with Gasteiger partial charge in [0.15, 0.2) is 11.2 Å². The fourth-order valence-corrected chi connectivity index (χ4v) is 1.85. The third-order valence-corrected chi connectivity index (χ3v) is 2.75. The highest BCUT2D eigenvalue weighted by atomic mass is 16.3. The molecule has 0 saturated heterocycles. The normalized spacial score (nSPS) is 14.8. The monoisotopic (exact) mass is 253 g/mol. The molecule has 0 bridgehead atoms. The zero-order chi connectivity index (χ0) is 13.3. The number of aliphatic hydroxyl groups excluding tert-OH is 2. The Bertz CT molecular complexity index is 605. The summed E-state index contributed by atoms with van der Waals surface area (Å²) < 4.78 is 1.65. The largest absolute Gasteiger partial charge is 0.394 e. The van der Waals surface area contributed by atoms with Crippen molar-refractivity contribution < 1.29 is 10.2 Å². The van der Waals surface area contributed by atoms with E-state index in [1.807, 2.05) is 6.92 Å². The minimum Gasteiger partial charge on any atom is -0.394 e. The van der Waals surface area contributed by atoms with Crippen LogP contribution in [-0.2, 0) is 0 Å². The second-order valence-corrected chi connectivity index (χ2v) is 4.20. The molecule has 8 nitrogen and oxygen atoms in total. The fourth-order valence-electron chi connectivity index (χ4n) is 1.85. The summed E-state index contributed by atoms with van der Waals surface area (Å²) >= 11 is 0. The molecule has 0 amide bonds. The van der Waals surface area contributed by atoms with Crippen LogP contribution in [0.4, 0.5) is 5.95 Å². The molecule has 2 aromatic rings. The van der Waals surface area contributed by atoms with Gasteiger partial charge in [-0.05, 0) is 13.3 Å². The predicted molar refractivity (Wildman–Crippen MR) is 65.0 cm³/mol. The maximum Gasteiger partial charge on any atom is 0.280 e. The Morgan fingerprint density at radius 1 is 1.61 bits per heavy atom. The van der Waals surface area contributed by atoms with Crippen molar-refractivity contribution in [2.45, 2.75) is 25.5 Å². The summed E-state index contributed by atoms with van der Waals surface area (Å²) in [6.45, 7) is 1.52. The van der Waals surface area contributed by atoms with E-state index in [1.165, 1.54) is 6.33 Å². The predicted octanol–water partition coefficient (Wildman–Crippen LogP) is -0.994. The van der Waals surface area contributed by atoms with Crippen molar-refractivity contribution in [3.05, 3.63) is 16.7 Å². The van der Waals surface area contributed by atoms with E-state index < -0.39 is 11.7 Å². The summed E-state index contributed by atoms with van der Waals surface area (Å²) in [6.07, 6.45) is 0.981. The molecule has 18 heavy (non-hydrogen) atoms. The minimum absolute atomic E-state index is 0.0177. The SMILES string of the molecule is CC(CC(O)CO)n1cnc2c(=O)[nH]c(N)nc21. The van der Waals surface area contributed by atoms with Gasteiger partial charge in [0.05, 0.1) is 19.0 Å². The number of nitrogens with one attached hydrogen (secondary N) is 1. The Hall–Kier alpha value is -1.93. The molecule has 2 rings (SSSR count). The second-order valence-electron chi connectivity index (χ2n) is 4.20. The number of nitrogen functional groups attached to an aromatic ring is 1. The number of hydrogen-bond donors (Lipinski definition) is 4. The number of aromatic amines is 1. The number of nitrogens with two attached hydrogens (primary N) is 1. The highest BCUT2D eigenvalue weighted by molar-refractivity contribution is 5.70. The topological polar surface area (TPSA) is 130 Å². The smallest absolute Gasteiger partial charge is 0.280 e. The van der Waals surface area contributed by atoms with Crippen LogP contribution in [0.25, 0.3) is 11.2 Å². The van der Waals surface area contributed by atoms with E-state index in [0.29, 0.717) is 12.1 Å². The molecule has 5 N–H and O–H groups in total. The van der Waals surface area contributed by atoms with Gasteiger partial charge < -0.3 is 20.5 Å². The minimum atomic E-state index is -0.822. The molecule has 0 radical (unpaired) electrons. The van der Waals surface area contributed by atoms with Crippen LogP contribution in [0.15, 0.2) is 11.1 Å². The van der Waals surface area contributed by atoms with Crippen LogP contribution < -0.4 is 11.3 Å². The fraction of sp³-hybridized carbons (Fsp3) is 0.500. The molecule has 2 heterocycles. The zero-order valence-electron chi connectivity index (χ0n) is 9.87. The molecule has 0 aliphatic carbocycles. The molecule has 0 aliphatic heterocycles. The first kappa shape index (κ1) is 12.5. The molecule has 0 fully saturated rings. The summed E-state index contributed by atoms with van der Waals surface area (Å²) in [4.78, 5) is 21.9. The Balaban J connectivity index is 2.43. The van der Waals surface area contributed by atoms with Crippen molar-refractivity contribution in [2.24, 2.45) is 0 Å². The van der Waals surface area contributed by atoms with Crippen molar-refractivity contribution in [1.82, 2.24) is 19.5 Å². The van der Waals surface area contributed by atoms with Crippen molar-refractivity contribution in [3.63, 3.8) is 0 Å². The number of aliphatic hydroxyl groups is 2. The van der Waals surface area contributed by atoms with Gasteiger partial charge in [-0.1, -0.05) is 0 Å². The summed E-state index contributed by atoms with van der Waals surface area (Å²) in [5, 5.41) is 18.2. The Morgan fingerprint density at radius 2 is 2.33 bits per heavy atom. The van der Waals surface area contributed by atoms with E-state index in [-0.39, 0.29) is 24.1 Å². The van der Waals surface area contributed by atoms with Gasteiger partial charge in [-0.25, -0.2) is 4.98 Å². The van der Waals surface area contributed by atoms with Gasteiger partial charge in [0.25, 0.3) is 5.56 Å². The van der Waals surface area contributed by atoms with Gasteiger partial charge >= 0.3 is 0 Å². The van der Waals surface area contributed by atoms with Crippen LogP contribution >= 0.6 is 0 Å². The summed E-state index contributed by atoms with van der Waals surface area (Å²) in [7, 11) is 0. The average molecular weight is 253 g/mol. The van der Waals surface area contributed by atoms with Crippen LogP contribution in [0.2, 0.25) is 0 Å². The number of hydrogen-bond acceptors (Lipinski definition) is 6. The van der Waals surface area contributed by atoms with Crippen LogP contribution in [-0.4, -0.2) is 42.4 Å². The van der Waals surface area contributed by atoms with E-state index in [9.17, 15) is 9.90 Å². The molecule has 98 valence electrons. The molecule has 2 unspecified atom stereocenters. The van der Waals surface area contributed by atoms with Crippen molar-refractivity contribution in [2.75, 3.05) is 12.3 Å². The average Bonchev–Trinajstić information content (AvgIpc) is 2.72. The molecule has 8 heteroatoms. The van der Waals surface area contributed by atoms with E-state index in [0.717, 1.165) is 0 Å². The lowest BCUT2D eigenvalue weighted by molar-refractivity contribution is 0.0777. The quantitative estimate of drug-likeness (QED) is 0.553. The van der Waals surface area contributed by atoms with Crippen LogP contribution in [0.3, 0.4) is 0 Å². The molecule has 0 aromatic carbocycles. The van der Waals surface area contributed by atoms with Crippen molar-refractivity contribution in [1.29, 1.82) is 0 Å². The number of nitrogens with zero attached hydrogens (tertiary/aromatic N) is 3. The van der Waals surface area contributed by atoms with Gasteiger partial charge in [-0.3, -0.25) is 9.78 Å². The summed E-state index contributed by atoms with van der Waals surface area (Å²) in [6, 6.07) is -0.161. The third kappa shape index (κ3) is 2.20. The van der Waals surface area contributed by atoms with E-state index in [4.69, 9.17) is 10.8 Å². The first-order valence-electron chi connectivity index (χ1n) is 5.54. The number of aromatic nitrogens is 4. The first-order valence-corrected chi connectivity index (χ1v) is 5.54. The van der Waals surface area contributed by atoms with Gasteiger partial charge in [0.2, 0.25) is 5.95 Å². The Morgan fingerprint density at radius 3 is 3.00 bits per heavy atom. The lowest BCUT2D eigenvalue weighted by Crippen LogP contribution is -2.19. The maximum absolute atomic E-state index is 11.6. The molecular formula is C10H15N5O3. The molecule has 2 aromatic heterocycles. The number of rotatable bonds is 4. The highest BCUT2D eigenvalue weighted by Crippen LogP contribution is 2.17. The van der Waals surface area contributed by atoms with Crippen LogP contribution in [0.5, 0.6) is 0 Å². The van der Waals surface area contributed by atoms with E-state index in [1.54, 1.807) is 4.57 Å². The molecule has 2 atom stereocenters. The molecule has 0 spiro atoms. The van der Waals surface area contributed by atoms with Gasteiger partial charge in [0.1, 0.15) is 0 Å². The van der Waals surface area contributed by atoms with Gasteiger partial charge in [0, 0.05) is 6.04 Å². The van der Waals surface area contributed by atoms with E-state index >= 15 is 0 Å². The Kier molecular flexibility index (Phi) is 3.30. The molecule has 0 saturated carbocycles. The zero-order valence-corrected chi connectivity index (χ0v) is 9.87. The van der Waals surface area contributed by atoms with Crippen molar-refractivity contribution in [3.8, 4) is 0 Å². The summed E-state index contributed by atoms with van der Waals surface area (Å²) in [5.74, 6) is 0.0177. The highest BCUT2D eigenvalue weighted by Gasteiger charge is 2.16.